The monoisotopic (exact) mass is 430 g/mol. The number of aryl methyl sites for hydroxylation is 1. The van der Waals surface area contributed by atoms with Crippen LogP contribution in [0.4, 0.5) is 0 Å². The number of ether oxygens (including phenoxy) is 2. The Balaban J connectivity index is 0.000000386. The summed E-state index contributed by atoms with van der Waals surface area (Å²) in [4.78, 5) is 0. The van der Waals surface area contributed by atoms with Crippen molar-refractivity contribution in [2.45, 2.75) is 40.0 Å². The van der Waals surface area contributed by atoms with E-state index in [2.05, 4.69) is 59.5 Å². The zero-order chi connectivity index (χ0) is 21.8. The number of rotatable bonds is 8. The fraction of sp³-hybridized carbons (Fsp3) is 0.308. The van der Waals surface area contributed by atoms with Crippen molar-refractivity contribution >= 4 is 30.9 Å². The molecule has 3 rings (SSSR count). The summed E-state index contributed by atoms with van der Waals surface area (Å²) in [5.74, 6) is 1.79. The average Bonchev–Trinajstić information content (AvgIpc) is 2.78. The van der Waals surface area contributed by atoms with Crippen LogP contribution in [0.15, 0.2) is 66.7 Å². The second kappa shape index (κ2) is 13.1. The molecule has 0 aliphatic heterocycles. The summed E-state index contributed by atoms with van der Waals surface area (Å²) < 4.78 is 12.2. The van der Waals surface area contributed by atoms with Crippen LogP contribution in [0.2, 0.25) is 0 Å². The van der Waals surface area contributed by atoms with Gasteiger partial charge < -0.3 is 9.47 Å². The molecule has 0 amide bonds. The predicted molar refractivity (Wildman–Crippen MR) is 130 cm³/mol. The molecule has 0 saturated carbocycles. The van der Waals surface area contributed by atoms with E-state index in [1.54, 1.807) is 0 Å². The van der Waals surface area contributed by atoms with E-state index in [1.807, 2.05) is 48.5 Å². The van der Waals surface area contributed by atoms with Crippen molar-refractivity contribution in [1.29, 1.82) is 0 Å². The Labute approximate surface area is 188 Å². The van der Waals surface area contributed by atoms with Crippen LogP contribution in [0, 0.1) is 0 Å². The second-order valence-electron chi connectivity index (χ2n) is 6.90. The average molecular weight is 431 g/mol. The lowest BCUT2D eigenvalue weighted by atomic mass is 10.00. The van der Waals surface area contributed by atoms with Gasteiger partial charge in [-0.25, -0.2) is 0 Å². The van der Waals surface area contributed by atoms with Gasteiger partial charge in [-0.05, 0) is 41.6 Å². The third-order valence-electron chi connectivity index (χ3n) is 4.46. The quantitative estimate of drug-likeness (QED) is 0.479. The molecule has 0 bridgehead atoms. The topological polar surface area (TPSA) is 18.5 Å². The Morgan fingerprint density at radius 3 is 1.80 bits per heavy atom. The molecule has 3 aromatic carbocycles. The molecule has 30 heavy (non-hydrogen) atoms. The molecule has 0 spiro atoms. The molecular formula is C26H30O2Si2. The zero-order valence-electron chi connectivity index (χ0n) is 18.2. The predicted octanol–water partition coefficient (Wildman–Crippen LogP) is 4.77. The lowest BCUT2D eigenvalue weighted by molar-refractivity contribution is 0.305. The SMILES string of the molecule is CCCOc1cc(CC)c([Si])c(OCCC)c1-c1ccccc1.[Si]c1ccccc1. The first kappa shape index (κ1) is 24.0. The van der Waals surface area contributed by atoms with Crippen molar-refractivity contribution < 1.29 is 9.47 Å². The van der Waals surface area contributed by atoms with E-state index in [0.29, 0.717) is 13.2 Å². The van der Waals surface area contributed by atoms with Crippen LogP contribution in [0.3, 0.4) is 0 Å². The van der Waals surface area contributed by atoms with Crippen molar-refractivity contribution in [3.8, 4) is 22.6 Å². The number of hydrogen-bond donors (Lipinski definition) is 0. The van der Waals surface area contributed by atoms with Crippen molar-refractivity contribution in [2.24, 2.45) is 0 Å². The van der Waals surface area contributed by atoms with Crippen molar-refractivity contribution in [1.82, 2.24) is 0 Å². The van der Waals surface area contributed by atoms with Crippen molar-refractivity contribution in [3.05, 3.63) is 72.3 Å². The highest BCUT2D eigenvalue weighted by Crippen LogP contribution is 2.38. The molecular weight excluding hydrogens is 400 g/mol. The first-order chi connectivity index (χ1) is 14.6. The summed E-state index contributed by atoms with van der Waals surface area (Å²) in [6.07, 6.45) is 2.89. The first-order valence-corrected chi connectivity index (χ1v) is 11.6. The summed E-state index contributed by atoms with van der Waals surface area (Å²) in [6, 6.07) is 22.4. The van der Waals surface area contributed by atoms with Crippen LogP contribution < -0.4 is 19.8 Å². The third-order valence-corrected chi connectivity index (χ3v) is 5.34. The van der Waals surface area contributed by atoms with Crippen LogP contribution in [0.5, 0.6) is 11.5 Å². The molecule has 0 aliphatic carbocycles. The third kappa shape index (κ3) is 6.89. The maximum atomic E-state index is 6.11. The van der Waals surface area contributed by atoms with Crippen LogP contribution in [0.25, 0.3) is 11.1 Å². The van der Waals surface area contributed by atoms with Crippen molar-refractivity contribution in [3.63, 3.8) is 0 Å². The minimum atomic E-state index is 0.692. The maximum absolute atomic E-state index is 6.11. The van der Waals surface area contributed by atoms with Gasteiger partial charge in [0.05, 0.1) is 39.3 Å². The maximum Gasteiger partial charge on any atom is 0.131 e. The van der Waals surface area contributed by atoms with E-state index in [9.17, 15) is 0 Å². The molecule has 0 unspecified atom stereocenters. The molecule has 0 heterocycles. The molecule has 0 aromatic heterocycles. The van der Waals surface area contributed by atoms with E-state index in [-0.39, 0.29) is 0 Å². The summed E-state index contributed by atoms with van der Waals surface area (Å²) in [5.41, 5.74) is 3.36. The molecule has 154 valence electrons. The molecule has 0 N–H and O–H groups in total. The van der Waals surface area contributed by atoms with Gasteiger partial charge in [-0.2, -0.15) is 0 Å². The summed E-state index contributed by atoms with van der Waals surface area (Å²) in [6.45, 7) is 7.78. The Hall–Kier alpha value is -2.31. The minimum Gasteiger partial charge on any atom is -0.493 e. The van der Waals surface area contributed by atoms with Gasteiger partial charge in [0.15, 0.2) is 0 Å². The zero-order valence-corrected chi connectivity index (χ0v) is 20.2. The van der Waals surface area contributed by atoms with E-state index in [0.717, 1.165) is 52.3 Å². The second-order valence-corrected chi connectivity index (χ2v) is 7.97. The lowest BCUT2D eigenvalue weighted by Gasteiger charge is -2.21. The van der Waals surface area contributed by atoms with Gasteiger partial charge in [0.2, 0.25) is 0 Å². The van der Waals surface area contributed by atoms with Gasteiger partial charge in [-0.15, -0.1) is 0 Å². The standard InChI is InChI=1S/C20H25O2Si.C6H5Si/c1-4-12-21-17-14-15(6-3)20(23)19(22-13-5-2)18(17)16-10-8-7-9-11-16;7-6-4-2-1-3-5-6/h7-11,14H,4-6,12-13H2,1-3H3;1-5H. The minimum absolute atomic E-state index is 0.692. The van der Waals surface area contributed by atoms with E-state index in [4.69, 9.17) is 9.47 Å². The van der Waals surface area contributed by atoms with Gasteiger partial charge in [-0.3, -0.25) is 0 Å². The molecule has 0 atom stereocenters. The van der Waals surface area contributed by atoms with Crippen molar-refractivity contribution in [2.75, 3.05) is 13.2 Å². The molecule has 0 fully saturated rings. The van der Waals surface area contributed by atoms with Gasteiger partial charge in [0.25, 0.3) is 0 Å². The first-order valence-electron chi connectivity index (χ1n) is 10.6. The van der Waals surface area contributed by atoms with Crippen LogP contribution in [-0.2, 0) is 6.42 Å². The Bertz CT molecular complexity index is 881. The highest BCUT2D eigenvalue weighted by molar-refractivity contribution is 6.36. The van der Waals surface area contributed by atoms with Gasteiger partial charge in [0, 0.05) is 0 Å². The number of hydrogen-bond acceptors (Lipinski definition) is 2. The molecule has 6 radical (unpaired) electrons. The van der Waals surface area contributed by atoms with Gasteiger partial charge in [0.1, 0.15) is 11.5 Å². The normalized spacial score (nSPS) is 10.2. The van der Waals surface area contributed by atoms with Crippen LogP contribution in [-0.4, -0.2) is 33.7 Å². The van der Waals surface area contributed by atoms with E-state index < -0.39 is 0 Å². The summed E-state index contributed by atoms with van der Waals surface area (Å²) >= 11 is 0. The molecule has 3 aromatic rings. The molecule has 4 heteroatoms. The number of benzene rings is 3. The molecule has 2 nitrogen and oxygen atoms in total. The Morgan fingerprint density at radius 1 is 0.733 bits per heavy atom. The summed E-state index contributed by atoms with van der Waals surface area (Å²) in [7, 11) is 7.16. The highest BCUT2D eigenvalue weighted by Gasteiger charge is 2.18. The largest absolute Gasteiger partial charge is 0.493 e. The molecule has 0 aliphatic rings. The van der Waals surface area contributed by atoms with Crippen LogP contribution >= 0.6 is 0 Å². The Kier molecular flexibility index (Phi) is 10.5. The van der Waals surface area contributed by atoms with Gasteiger partial charge >= 0.3 is 0 Å². The fourth-order valence-corrected chi connectivity index (χ4v) is 3.59. The fourth-order valence-electron chi connectivity index (χ4n) is 2.95. The van der Waals surface area contributed by atoms with Gasteiger partial charge in [-0.1, -0.05) is 86.6 Å². The highest BCUT2D eigenvalue weighted by atomic mass is 28.1. The smallest absolute Gasteiger partial charge is 0.131 e. The van der Waals surface area contributed by atoms with E-state index in [1.165, 1.54) is 5.56 Å². The van der Waals surface area contributed by atoms with Crippen LogP contribution in [0.1, 0.15) is 39.2 Å². The Morgan fingerprint density at radius 2 is 1.30 bits per heavy atom. The van der Waals surface area contributed by atoms with E-state index >= 15 is 0 Å². The molecule has 0 saturated heterocycles. The summed E-state index contributed by atoms with van der Waals surface area (Å²) in [5, 5.41) is 2.16. The lowest BCUT2D eigenvalue weighted by Crippen LogP contribution is -2.17.